The second kappa shape index (κ2) is 6.78. The number of amides is 1. The van der Waals surface area contributed by atoms with Gasteiger partial charge in [0.05, 0.1) is 13.2 Å². The van der Waals surface area contributed by atoms with Crippen LogP contribution in [0.1, 0.15) is 22.4 Å². The van der Waals surface area contributed by atoms with Gasteiger partial charge in [0, 0.05) is 24.5 Å². The average molecular weight is 337 g/mol. The molecule has 1 saturated heterocycles. The van der Waals surface area contributed by atoms with Crippen LogP contribution in [0.3, 0.4) is 0 Å². The molecule has 4 rings (SSSR count). The van der Waals surface area contributed by atoms with E-state index in [-0.39, 0.29) is 5.91 Å². The lowest BCUT2D eigenvalue weighted by Gasteiger charge is -2.31. The quantitative estimate of drug-likeness (QED) is 0.718. The van der Waals surface area contributed by atoms with Crippen LogP contribution in [-0.2, 0) is 4.74 Å². The van der Waals surface area contributed by atoms with Crippen LogP contribution in [0, 0.1) is 0 Å². The van der Waals surface area contributed by atoms with Gasteiger partial charge in [0.15, 0.2) is 6.10 Å². The first-order valence-electron chi connectivity index (χ1n) is 7.88. The zero-order valence-electron chi connectivity index (χ0n) is 13.3. The van der Waals surface area contributed by atoms with E-state index in [1.54, 1.807) is 35.5 Å². The molecule has 1 aliphatic heterocycles. The van der Waals surface area contributed by atoms with Crippen LogP contribution in [0.5, 0.6) is 0 Å². The zero-order valence-corrected chi connectivity index (χ0v) is 13.3. The Kier molecular flexibility index (Phi) is 4.17. The van der Waals surface area contributed by atoms with E-state index in [2.05, 4.69) is 20.1 Å². The van der Waals surface area contributed by atoms with Crippen LogP contribution in [0.25, 0.3) is 11.6 Å². The predicted molar refractivity (Wildman–Crippen MR) is 86.4 cm³/mol. The van der Waals surface area contributed by atoms with Crippen molar-refractivity contribution in [2.75, 3.05) is 19.7 Å². The topological polar surface area (TPSA) is 94.2 Å². The summed E-state index contributed by atoms with van der Waals surface area (Å²) >= 11 is 0. The summed E-state index contributed by atoms with van der Waals surface area (Å²) in [7, 11) is 0. The first-order valence-corrected chi connectivity index (χ1v) is 7.88. The Labute approximate surface area is 143 Å². The van der Waals surface area contributed by atoms with Crippen molar-refractivity contribution in [2.24, 2.45) is 0 Å². The third-order valence-corrected chi connectivity index (χ3v) is 3.86. The van der Waals surface area contributed by atoms with Crippen molar-refractivity contribution in [1.82, 2.24) is 25.0 Å². The molecule has 0 bridgehead atoms. The highest BCUT2D eigenvalue weighted by Crippen LogP contribution is 2.23. The van der Waals surface area contributed by atoms with Crippen molar-refractivity contribution in [3.63, 3.8) is 0 Å². The van der Waals surface area contributed by atoms with E-state index < -0.39 is 6.10 Å². The number of aromatic nitrogens is 4. The summed E-state index contributed by atoms with van der Waals surface area (Å²) in [6.45, 7) is 1.28. The number of hydrogen-bond donors (Lipinski definition) is 0. The zero-order chi connectivity index (χ0) is 17.1. The molecule has 0 saturated carbocycles. The molecule has 0 spiro atoms. The standard InChI is InChI=1S/C17H15N5O3/c23-17(12-5-2-1-3-6-12)22-9-10-24-13(11-22)16-20-15(21-25-16)14-18-7-4-8-19-14/h1-8,13H,9-11H2. The van der Waals surface area contributed by atoms with Crippen LogP contribution < -0.4 is 0 Å². The van der Waals surface area contributed by atoms with Crippen LogP contribution in [0.4, 0.5) is 0 Å². The molecule has 1 unspecified atom stereocenters. The maximum Gasteiger partial charge on any atom is 0.258 e. The molecule has 126 valence electrons. The van der Waals surface area contributed by atoms with Gasteiger partial charge in [-0.3, -0.25) is 4.79 Å². The van der Waals surface area contributed by atoms with E-state index in [0.29, 0.717) is 42.8 Å². The largest absolute Gasteiger partial charge is 0.365 e. The maximum absolute atomic E-state index is 12.6. The first-order chi connectivity index (χ1) is 12.3. The molecule has 1 fully saturated rings. The van der Waals surface area contributed by atoms with Gasteiger partial charge in [0.2, 0.25) is 11.6 Å². The Morgan fingerprint density at radius 1 is 1.08 bits per heavy atom. The molecule has 0 aliphatic carbocycles. The Bertz CT molecular complexity index is 853. The summed E-state index contributed by atoms with van der Waals surface area (Å²) in [5.41, 5.74) is 0.645. The predicted octanol–water partition coefficient (Wildman–Crippen LogP) is 1.74. The Balaban J connectivity index is 1.50. The van der Waals surface area contributed by atoms with Crippen LogP contribution in [-0.4, -0.2) is 50.6 Å². The molecular weight excluding hydrogens is 322 g/mol. The van der Waals surface area contributed by atoms with Crippen molar-refractivity contribution in [2.45, 2.75) is 6.10 Å². The molecule has 2 aromatic heterocycles. The van der Waals surface area contributed by atoms with Crippen molar-refractivity contribution in [3.05, 3.63) is 60.2 Å². The van der Waals surface area contributed by atoms with Gasteiger partial charge in [-0.2, -0.15) is 4.98 Å². The summed E-state index contributed by atoms with van der Waals surface area (Å²) in [6, 6.07) is 10.9. The molecule has 3 aromatic rings. The van der Waals surface area contributed by atoms with Gasteiger partial charge >= 0.3 is 0 Å². The number of rotatable bonds is 3. The van der Waals surface area contributed by atoms with Gasteiger partial charge in [-0.25, -0.2) is 9.97 Å². The van der Waals surface area contributed by atoms with E-state index in [9.17, 15) is 4.79 Å². The highest BCUT2D eigenvalue weighted by atomic mass is 16.5. The second-order valence-corrected chi connectivity index (χ2v) is 5.51. The minimum atomic E-state index is -0.466. The van der Waals surface area contributed by atoms with Crippen LogP contribution >= 0.6 is 0 Å². The second-order valence-electron chi connectivity index (χ2n) is 5.51. The van der Waals surface area contributed by atoms with Gasteiger partial charge in [0.25, 0.3) is 11.8 Å². The van der Waals surface area contributed by atoms with Crippen molar-refractivity contribution >= 4 is 5.91 Å². The lowest BCUT2D eigenvalue weighted by atomic mass is 10.1. The number of hydrogen-bond acceptors (Lipinski definition) is 7. The Morgan fingerprint density at radius 2 is 1.88 bits per heavy atom. The number of morpholine rings is 1. The molecule has 0 N–H and O–H groups in total. The number of nitrogens with zero attached hydrogens (tertiary/aromatic N) is 5. The lowest BCUT2D eigenvalue weighted by Crippen LogP contribution is -2.42. The third-order valence-electron chi connectivity index (χ3n) is 3.86. The van der Waals surface area contributed by atoms with Gasteiger partial charge in [0.1, 0.15) is 0 Å². The summed E-state index contributed by atoms with van der Waals surface area (Å²) < 4.78 is 11.0. The van der Waals surface area contributed by atoms with E-state index >= 15 is 0 Å². The van der Waals surface area contributed by atoms with E-state index in [0.717, 1.165) is 0 Å². The lowest BCUT2D eigenvalue weighted by molar-refractivity contribution is -0.0367. The SMILES string of the molecule is O=C(c1ccccc1)N1CCOC(c2nc(-c3ncccn3)no2)C1. The number of benzene rings is 1. The molecule has 8 nitrogen and oxygen atoms in total. The fraction of sp³-hybridized carbons (Fsp3) is 0.235. The fourth-order valence-electron chi connectivity index (χ4n) is 2.62. The molecular formula is C17H15N5O3. The smallest absolute Gasteiger partial charge is 0.258 e. The molecule has 1 aromatic carbocycles. The first kappa shape index (κ1) is 15.4. The molecule has 0 radical (unpaired) electrons. The fourth-order valence-corrected chi connectivity index (χ4v) is 2.62. The van der Waals surface area contributed by atoms with Crippen LogP contribution in [0.2, 0.25) is 0 Å². The summed E-state index contributed by atoms with van der Waals surface area (Å²) in [6.07, 6.45) is 2.75. The Hall–Kier alpha value is -3.13. The Morgan fingerprint density at radius 3 is 2.68 bits per heavy atom. The third kappa shape index (κ3) is 3.24. The highest BCUT2D eigenvalue weighted by Gasteiger charge is 2.30. The maximum atomic E-state index is 12.6. The monoisotopic (exact) mass is 337 g/mol. The molecule has 1 amide bonds. The van der Waals surface area contributed by atoms with Gasteiger partial charge < -0.3 is 14.2 Å². The van der Waals surface area contributed by atoms with Crippen molar-refractivity contribution in [1.29, 1.82) is 0 Å². The molecule has 3 heterocycles. The van der Waals surface area contributed by atoms with Gasteiger partial charge in [-0.05, 0) is 18.2 Å². The minimum Gasteiger partial charge on any atom is -0.365 e. The number of carbonyl (C=O) groups excluding carboxylic acids is 1. The summed E-state index contributed by atoms with van der Waals surface area (Å²) in [5.74, 6) is 0.948. The van der Waals surface area contributed by atoms with E-state index in [4.69, 9.17) is 9.26 Å². The molecule has 25 heavy (non-hydrogen) atoms. The van der Waals surface area contributed by atoms with E-state index in [1.807, 2.05) is 18.2 Å². The van der Waals surface area contributed by atoms with Gasteiger partial charge in [-0.1, -0.05) is 23.4 Å². The molecule has 1 aliphatic rings. The molecule has 1 atom stereocenters. The van der Waals surface area contributed by atoms with Crippen molar-refractivity contribution in [3.8, 4) is 11.6 Å². The van der Waals surface area contributed by atoms with Gasteiger partial charge in [-0.15, -0.1) is 0 Å². The number of ether oxygens (including phenoxy) is 1. The van der Waals surface area contributed by atoms with Crippen molar-refractivity contribution < 1.29 is 14.1 Å². The summed E-state index contributed by atoms with van der Waals surface area (Å²) in [5, 5.41) is 3.90. The minimum absolute atomic E-state index is 0.0416. The average Bonchev–Trinajstić information content (AvgIpc) is 3.19. The van der Waals surface area contributed by atoms with Crippen LogP contribution in [0.15, 0.2) is 53.3 Å². The molecule has 8 heteroatoms. The highest BCUT2D eigenvalue weighted by molar-refractivity contribution is 5.94. The summed E-state index contributed by atoms with van der Waals surface area (Å²) in [4.78, 5) is 26.8. The normalized spacial score (nSPS) is 17.4. The number of carbonyl (C=O) groups is 1. The van der Waals surface area contributed by atoms with E-state index in [1.165, 1.54) is 0 Å².